The fraction of sp³-hybridized carbons (Fsp3) is 0.400. The minimum atomic E-state index is -3.46. The molecule has 0 spiro atoms. The first kappa shape index (κ1) is 20.4. The Morgan fingerprint density at radius 1 is 1.04 bits per heavy atom. The third kappa shape index (κ3) is 4.24. The van der Waals surface area contributed by atoms with Crippen molar-refractivity contribution in [3.63, 3.8) is 0 Å². The number of aromatic hydroxyl groups is 1. The topological polar surface area (TPSA) is 80.5 Å². The Morgan fingerprint density at radius 2 is 1.57 bits per heavy atom. The van der Waals surface area contributed by atoms with Crippen LogP contribution < -0.4 is 14.4 Å². The second-order valence-corrected chi connectivity index (χ2v) is 8.93. The molecule has 0 radical (unpaired) electrons. The third-order valence-electron chi connectivity index (χ3n) is 5.08. The van der Waals surface area contributed by atoms with E-state index in [2.05, 4.69) is 0 Å². The molecule has 2 aromatic rings. The van der Waals surface area contributed by atoms with Crippen molar-refractivity contribution >= 4 is 10.0 Å². The van der Waals surface area contributed by atoms with Crippen LogP contribution in [0.5, 0.6) is 17.2 Å². The summed E-state index contributed by atoms with van der Waals surface area (Å²) in [6.07, 6.45) is 0. The van der Waals surface area contributed by atoms with E-state index in [1.165, 1.54) is 19.1 Å². The van der Waals surface area contributed by atoms with Gasteiger partial charge in [0.25, 0.3) is 0 Å². The number of nitrogens with one attached hydrogen (secondary N) is 1. The maximum absolute atomic E-state index is 12.8. The summed E-state index contributed by atoms with van der Waals surface area (Å²) in [5.41, 5.74) is 2.00. The highest BCUT2D eigenvalue weighted by Gasteiger charge is 2.30. The van der Waals surface area contributed by atoms with Crippen molar-refractivity contribution in [2.75, 3.05) is 40.4 Å². The van der Waals surface area contributed by atoms with Gasteiger partial charge in [0.15, 0.2) is 11.5 Å². The summed E-state index contributed by atoms with van der Waals surface area (Å²) in [7, 11) is -0.455. The van der Waals surface area contributed by atoms with Gasteiger partial charge in [-0.2, -0.15) is 4.31 Å². The molecule has 1 aliphatic heterocycles. The number of methoxy groups -OCH3 is 2. The molecule has 28 heavy (non-hydrogen) atoms. The normalized spacial score (nSPS) is 16.1. The van der Waals surface area contributed by atoms with Crippen molar-refractivity contribution in [1.29, 1.82) is 0 Å². The summed E-state index contributed by atoms with van der Waals surface area (Å²) in [4.78, 5) is 1.61. The molecule has 2 N–H and O–H groups in total. The van der Waals surface area contributed by atoms with Crippen LogP contribution in [0, 0.1) is 6.92 Å². The van der Waals surface area contributed by atoms with Crippen LogP contribution in [0.25, 0.3) is 0 Å². The predicted molar refractivity (Wildman–Crippen MR) is 106 cm³/mol. The molecule has 8 heteroatoms. The number of rotatable bonds is 6. The first-order valence-corrected chi connectivity index (χ1v) is 10.6. The number of sulfonamides is 1. The third-order valence-corrected chi connectivity index (χ3v) is 6.99. The molecule has 2 aromatic carbocycles. The molecule has 0 aliphatic carbocycles. The van der Waals surface area contributed by atoms with Crippen molar-refractivity contribution in [1.82, 2.24) is 4.31 Å². The number of hydrogen-bond donors (Lipinski definition) is 2. The monoisotopic (exact) mass is 407 g/mol. The van der Waals surface area contributed by atoms with Crippen molar-refractivity contribution in [2.45, 2.75) is 18.4 Å². The summed E-state index contributed by atoms with van der Waals surface area (Å²) < 4.78 is 37.6. The van der Waals surface area contributed by atoms with Gasteiger partial charge in [-0.15, -0.1) is 0 Å². The molecule has 0 amide bonds. The average molecular weight is 408 g/mol. The van der Waals surface area contributed by atoms with Gasteiger partial charge in [-0.05, 0) is 31.2 Å². The van der Waals surface area contributed by atoms with E-state index in [-0.39, 0.29) is 5.75 Å². The maximum atomic E-state index is 12.8. The number of ether oxygens (including phenoxy) is 2. The molecule has 152 valence electrons. The van der Waals surface area contributed by atoms with Crippen molar-refractivity contribution in [3.8, 4) is 17.2 Å². The van der Waals surface area contributed by atoms with Gasteiger partial charge in [0.05, 0.1) is 45.3 Å². The van der Waals surface area contributed by atoms with Crippen LogP contribution >= 0.6 is 0 Å². The van der Waals surface area contributed by atoms with E-state index >= 15 is 0 Å². The molecule has 0 bridgehead atoms. The first-order chi connectivity index (χ1) is 13.3. The smallest absolute Gasteiger partial charge is 0.243 e. The van der Waals surface area contributed by atoms with Crippen LogP contribution in [0.15, 0.2) is 41.3 Å². The van der Waals surface area contributed by atoms with Gasteiger partial charge in [0, 0.05) is 5.56 Å². The first-order valence-electron chi connectivity index (χ1n) is 9.19. The predicted octanol–water partition coefficient (Wildman–Crippen LogP) is 0.807. The lowest BCUT2D eigenvalue weighted by Crippen LogP contribution is -3.13. The summed E-state index contributed by atoms with van der Waals surface area (Å²) in [5.74, 6) is 0.724. The van der Waals surface area contributed by atoms with Gasteiger partial charge in [0.2, 0.25) is 15.8 Å². The molecule has 1 saturated heterocycles. The van der Waals surface area contributed by atoms with E-state index in [9.17, 15) is 13.5 Å². The van der Waals surface area contributed by atoms with Gasteiger partial charge < -0.3 is 19.5 Å². The Morgan fingerprint density at radius 3 is 2.07 bits per heavy atom. The highest BCUT2D eigenvalue weighted by Crippen LogP contribution is 2.36. The van der Waals surface area contributed by atoms with E-state index in [0.717, 1.165) is 11.1 Å². The largest absolute Gasteiger partial charge is 0.502 e. The quantitative estimate of drug-likeness (QED) is 0.741. The van der Waals surface area contributed by atoms with Gasteiger partial charge in [0.1, 0.15) is 6.54 Å². The zero-order valence-corrected chi connectivity index (χ0v) is 17.3. The Bertz CT molecular complexity index is 895. The zero-order chi connectivity index (χ0) is 20.3. The Hall–Kier alpha value is -2.29. The number of benzene rings is 2. The van der Waals surface area contributed by atoms with Crippen LogP contribution in [0.3, 0.4) is 0 Å². The molecular weight excluding hydrogens is 380 g/mol. The van der Waals surface area contributed by atoms with Crippen LogP contribution in [0.2, 0.25) is 0 Å². The number of phenolic OH excluding ortho intramolecular Hbond substituents is 1. The number of phenols is 1. The number of hydrogen-bond acceptors (Lipinski definition) is 5. The maximum Gasteiger partial charge on any atom is 0.243 e. The highest BCUT2D eigenvalue weighted by molar-refractivity contribution is 7.89. The molecule has 0 saturated carbocycles. The summed E-state index contributed by atoms with van der Waals surface area (Å²) in [5, 5.41) is 10.0. The summed E-state index contributed by atoms with van der Waals surface area (Å²) in [6, 6.07) is 10.6. The van der Waals surface area contributed by atoms with E-state index in [4.69, 9.17) is 9.47 Å². The van der Waals surface area contributed by atoms with Gasteiger partial charge >= 0.3 is 0 Å². The minimum absolute atomic E-state index is 0.0160. The van der Waals surface area contributed by atoms with Crippen molar-refractivity contribution < 1.29 is 27.9 Å². The SMILES string of the molecule is COc1cc(C[NH+]2CCN(S(=O)(=O)c3ccc(C)cc3)CC2)cc(OC)c1O. The molecule has 1 heterocycles. The summed E-state index contributed by atoms with van der Waals surface area (Å²) >= 11 is 0. The second kappa shape index (κ2) is 8.38. The Labute approximate surface area is 166 Å². The van der Waals surface area contributed by atoms with Crippen LogP contribution in [0.1, 0.15) is 11.1 Å². The lowest BCUT2D eigenvalue weighted by atomic mass is 10.1. The number of quaternary nitrogens is 1. The van der Waals surface area contributed by atoms with Crippen molar-refractivity contribution in [2.24, 2.45) is 0 Å². The number of nitrogens with zero attached hydrogens (tertiary/aromatic N) is 1. The fourth-order valence-electron chi connectivity index (χ4n) is 3.42. The molecule has 7 nitrogen and oxygen atoms in total. The van der Waals surface area contributed by atoms with E-state index in [0.29, 0.717) is 49.1 Å². The van der Waals surface area contributed by atoms with E-state index < -0.39 is 10.0 Å². The van der Waals surface area contributed by atoms with Gasteiger partial charge in [-0.3, -0.25) is 0 Å². The fourth-order valence-corrected chi connectivity index (χ4v) is 4.86. The van der Waals surface area contributed by atoms with E-state index in [1.54, 1.807) is 28.6 Å². The van der Waals surface area contributed by atoms with Crippen LogP contribution in [-0.2, 0) is 16.6 Å². The van der Waals surface area contributed by atoms with Gasteiger partial charge in [-0.25, -0.2) is 8.42 Å². The molecule has 0 aromatic heterocycles. The molecule has 1 aliphatic rings. The standard InChI is InChI=1S/C20H26N2O5S/c1-15-4-6-17(7-5-15)28(24,25)22-10-8-21(9-11-22)14-16-12-18(26-2)20(23)19(13-16)27-3/h4-7,12-13,23H,8-11,14H2,1-3H3/p+1. The Kier molecular flexibility index (Phi) is 6.12. The van der Waals surface area contributed by atoms with Crippen LogP contribution in [-0.4, -0.2) is 58.2 Å². The molecular formula is C20H27N2O5S+. The molecule has 0 unspecified atom stereocenters. The van der Waals surface area contributed by atoms with Gasteiger partial charge in [-0.1, -0.05) is 17.7 Å². The number of piperazine rings is 1. The molecule has 1 fully saturated rings. The zero-order valence-electron chi connectivity index (χ0n) is 16.4. The lowest BCUT2D eigenvalue weighted by molar-refractivity contribution is -0.917. The lowest BCUT2D eigenvalue weighted by Gasteiger charge is -2.31. The number of aryl methyl sites for hydroxylation is 1. The average Bonchev–Trinajstić information content (AvgIpc) is 2.70. The summed E-state index contributed by atoms with van der Waals surface area (Å²) in [6.45, 7) is 4.99. The van der Waals surface area contributed by atoms with E-state index in [1.807, 2.05) is 19.1 Å². The van der Waals surface area contributed by atoms with Crippen LogP contribution in [0.4, 0.5) is 0 Å². The minimum Gasteiger partial charge on any atom is -0.502 e. The molecule has 0 atom stereocenters. The Balaban J connectivity index is 1.67. The second-order valence-electron chi connectivity index (χ2n) is 6.99. The molecule has 3 rings (SSSR count). The van der Waals surface area contributed by atoms with Crippen molar-refractivity contribution in [3.05, 3.63) is 47.5 Å². The highest BCUT2D eigenvalue weighted by atomic mass is 32.2.